The summed E-state index contributed by atoms with van der Waals surface area (Å²) in [5.74, 6) is 0.670. The monoisotopic (exact) mass is 379 g/mol. The second-order valence-electron chi connectivity index (χ2n) is 6.24. The number of anilines is 1. The van der Waals surface area contributed by atoms with Crippen molar-refractivity contribution >= 4 is 41.1 Å². The van der Waals surface area contributed by atoms with Crippen LogP contribution in [-0.2, 0) is 7.05 Å². The molecule has 1 aliphatic heterocycles. The number of imidazole rings is 1. The lowest BCUT2D eigenvalue weighted by atomic mass is 10.2. The average Bonchev–Trinajstić information content (AvgIpc) is 3.15. The van der Waals surface area contributed by atoms with Gasteiger partial charge in [0.15, 0.2) is 11.2 Å². The van der Waals surface area contributed by atoms with Crippen molar-refractivity contribution in [2.75, 3.05) is 11.4 Å². The highest BCUT2D eigenvalue weighted by Gasteiger charge is 2.27. The van der Waals surface area contributed by atoms with E-state index in [0.717, 1.165) is 25.1 Å². The van der Waals surface area contributed by atoms with Crippen molar-refractivity contribution in [3.63, 3.8) is 0 Å². The predicted octanol–water partition coefficient (Wildman–Crippen LogP) is 3.18. The Bertz CT molecular complexity index is 964. The van der Waals surface area contributed by atoms with Crippen molar-refractivity contribution in [3.8, 4) is 5.69 Å². The van der Waals surface area contributed by atoms with Crippen molar-refractivity contribution in [1.29, 1.82) is 0 Å². The number of benzene rings is 1. The quantitative estimate of drug-likeness (QED) is 0.685. The summed E-state index contributed by atoms with van der Waals surface area (Å²) in [5.41, 5.74) is 1.58. The summed E-state index contributed by atoms with van der Waals surface area (Å²) in [6.45, 7) is 3.06. The van der Waals surface area contributed by atoms with Gasteiger partial charge < -0.3 is 9.47 Å². The van der Waals surface area contributed by atoms with Gasteiger partial charge in [-0.2, -0.15) is 4.98 Å². The van der Waals surface area contributed by atoms with E-state index in [4.69, 9.17) is 16.6 Å². The number of halogens is 2. The predicted molar refractivity (Wildman–Crippen MR) is 102 cm³/mol. The van der Waals surface area contributed by atoms with Crippen molar-refractivity contribution < 1.29 is 0 Å². The largest absolute Gasteiger partial charge is 0.339 e. The molecule has 1 fully saturated rings. The summed E-state index contributed by atoms with van der Waals surface area (Å²) in [6.07, 6.45) is 3.82. The molecule has 1 aliphatic rings. The van der Waals surface area contributed by atoms with Crippen LogP contribution >= 0.6 is 24.0 Å². The number of hydrogen-bond donors (Lipinski definition) is 0. The Morgan fingerprint density at radius 1 is 1.24 bits per heavy atom. The van der Waals surface area contributed by atoms with E-state index in [1.807, 2.05) is 19.2 Å². The van der Waals surface area contributed by atoms with Crippen LogP contribution in [0.2, 0.25) is 5.02 Å². The van der Waals surface area contributed by atoms with E-state index >= 15 is 0 Å². The molecule has 0 bridgehead atoms. The number of nitrogens with zero attached hydrogens (tertiary/aromatic N) is 5. The van der Waals surface area contributed by atoms with E-state index in [0.29, 0.717) is 28.2 Å². The molecule has 1 saturated heterocycles. The number of fused-ring (bicyclic) bond motifs is 1. The van der Waals surface area contributed by atoms with Gasteiger partial charge in [0.25, 0.3) is 5.56 Å². The molecule has 3 aromatic rings. The van der Waals surface area contributed by atoms with Crippen molar-refractivity contribution in [2.24, 2.45) is 7.05 Å². The van der Waals surface area contributed by atoms with Crippen molar-refractivity contribution in [3.05, 3.63) is 46.0 Å². The Kier molecular flexibility index (Phi) is 4.75. The first-order valence-electron chi connectivity index (χ1n) is 8.03. The van der Waals surface area contributed by atoms with Gasteiger partial charge in [-0.3, -0.25) is 4.79 Å². The fourth-order valence-electron chi connectivity index (χ4n) is 3.29. The van der Waals surface area contributed by atoms with Crippen molar-refractivity contribution in [2.45, 2.75) is 25.8 Å². The molecule has 0 saturated carbocycles. The summed E-state index contributed by atoms with van der Waals surface area (Å²) >= 11 is 6.00. The zero-order valence-electron chi connectivity index (χ0n) is 14.0. The summed E-state index contributed by atoms with van der Waals surface area (Å²) in [6, 6.07) is 7.59. The fraction of sp³-hybridized carbons (Fsp3) is 0.353. The molecule has 0 N–H and O–H groups in total. The smallest absolute Gasteiger partial charge is 0.287 e. The van der Waals surface area contributed by atoms with E-state index < -0.39 is 0 Å². The third-order valence-corrected chi connectivity index (χ3v) is 4.86. The maximum atomic E-state index is 13.1. The summed E-state index contributed by atoms with van der Waals surface area (Å²) in [5, 5.41) is 0.634. The first-order valence-corrected chi connectivity index (χ1v) is 8.40. The van der Waals surface area contributed by atoms with Gasteiger partial charge in [-0.15, -0.1) is 12.4 Å². The normalized spacial score (nSPS) is 17.1. The molecule has 0 spiro atoms. The van der Waals surface area contributed by atoms with Crippen LogP contribution in [0.25, 0.3) is 16.9 Å². The molecular weight excluding hydrogens is 361 g/mol. The molecule has 3 heterocycles. The van der Waals surface area contributed by atoms with Crippen LogP contribution in [0, 0.1) is 0 Å². The maximum Gasteiger partial charge on any atom is 0.287 e. The molecule has 1 aromatic carbocycles. The fourth-order valence-corrected chi connectivity index (χ4v) is 3.42. The highest BCUT2D eigenvalue weighted by atomic mass is 35.5. The molecule has 0 amide bonds. The van der Waals surface area contributed by atoms with Gasteiger partial charge in [0.2, 0.25) is 5.95 Å². The molecular formula is C17H19Cl2N5O. The lowest BCUT2D eigenvalue weighted by molar-refractivity contribution is 0.702. The van der Waals surface area contributed by atoms with Crippen LogP contribution in [0.5, 0.6) is 0 Å². The summed E-state index contributed by atoms with van der Waals surface area (Å²) in [7, 11) is 1.85. The second-order valence-corrected chi connectivity index (χ2v) is 6.68. The average molecular weight is 380 g/mol. The highest BCUT2D eigenvalue weighted by Crippen LogP contribution is 2.26. The Morgan fingerprint density at radius 2 is 1.96 bits per heavy atom. The minimum atomic E-state index is -0.156. The molecule has 4 rings (SSSR count). The Morgan fingerprint density at radius 3 is 2.60 bits per heavy atom. The zero-order valence-corrected chi connectivity index (χ0v) is 15.6. The lowest BCUT2D eigenvalue weighted by Crippen LogP contribution is -2.34. The molecule has 0 aliphatic carbocycles. The molecule has 6 nitrogen and oxygen atoms in total. The van der Waals surface area contributed by atoms with E-state index in [1.165, 1.54) is 0 Å². The SMILES string of the molecule is CC1CCCN1c1nc2c(ncn2C)c(=O)n1-c1ccc(Cl)cc1.Cl. The molecule has 132 valence electrons. The van der Waals surface area contributed by atoms with E-state index in [-0.39, 0.29) is 18.0 Å². The van der Waals surface area contributed by atoms with Gasteiger partial charge in [0.05, 0.1) is 12.0 Å². The second kappa shape index (κ2) is 6.69. The van der Waals surface area contributed by atoms with E-state index in [2.05, 4.69) is 16.8 Å². The van der Waals surface area contributed by atoms with Crippen molar-refractivity contribution in [1.82, 2.24) is 19.1 Å². The number of hydrogen-bond acceptors (Lipinski definition) is 4. The molecule has 0 radical (unpaired) electrons. The van der Waals surface area contributed by atoms with Gasteiger partial charge in [0, 0.05) is 24.7 Å². The lowest BCUT2D eigenvalue weighted by Gasteiger charge is -2.25. The third-order valence-electron chi connectivity index (χ3n) is 4.61. The summed E-state index contributed by atoms with van der Waals surface area (Å²) < 4.78 is 3.43. The van der Waals surface area contributed by atoms with E-state index in [9.17, 15) is 4.79 Å². The minimum absolute atomic E-state index is 0. The minimum Gasteiger partial charge on any atom is -0.339 e. The topological polar surface area (TPSA) is 56.0 Å². The van der Waals surface area contributed by atoms with Crippen LogP contribution in [0.1, 0.15) is 19.8 Å². The number of rotatable bonds is 2. The Hall–Kier alpha value is -2.05. The van der Waals surface area contributed by atoms with Crippen LogP contribution in [-0.4, -0.2) is 31.7 Å². The molecule has 2 aromatic heterocycles. The Labute approximate surface area is 156 Å². The van der Waals surface area contributed by atoms with E-state index in [1.54, 1.807) is 27.6 Å². The van der Waals surface area contributed by atoms with Crippen LogP contribution < -0.4 is 10.5 Å². The Balaban J connectivity index is 0.00000182. The molecule has 25 heavy (non-hydrogen) atoms. The third kappa shape index (κ3) is 2.89. The molecule has 8 heteroatoms. The van der Waals surface area contributed by atoms with Gasteiger partial charge in [-0.1, -0.05) is 11.6 Å². The summed E-state index contributed by atoms with van der Waals surface area (Å²) in [4.78, 5) is 24.3. The van der Waals surface area contributed by atoms with Crippen LogP contribution in [0.3, 0.4) is 0 Å². The first kappa shape index (κ1) is 17.8. The van der Waals surface area contributed by atoms with Crippen LogP contribution in [0.15, 0.2) is 35.4 Å². The molecule has 1 unspecified atom stereocenters. The van der Waals surface area contributed by atoms with Gasteiger partial charge in [-0.05, 0) is 44.0 Å². The molecule has 1 atom stereocenters. The first-order chi connectivity index (χ1) is 11.6. The van der Waals surface area contributed by atoms with Crippen LogP contribution in [0.4, 0.5) is 5.95 Å². The standard InChI is InChI=1S/C17H18ClN5O.ClH/c1-11-4-3-9-22(11)17-20-15-14(19-10-21(15)2)16(24)23(17)13-7-5-12(18)6-8-13;/h5-8,10-11H,3-4,9H2,1-2H3;1H. The maximum absolute atomic E-state index is 13.1. The number of aryl methyl sites for hydroxylation is 1. The number of aromatic nitrogens is 4. The van der Waals surface area contributed by atoms with Gasteiger partial charge in [-0.25, -0.2) is 9.55 Å². The zero-order chi connectivity index (χ0) is 16.8. The van der Waals surface area contributed by atoms with Gasteiger partial charge in [0.1, 0.15) is 0 Å². The van der Waals surface area contributed by atoms with Gasteiger partial charge >= 0.3 is 0 Å². The highest BCUT2D eigenvalue weighted by molar-refractivity contribution is 6.30.